The van der Waals surface area contributed by atoms with Gasteiger partial charge in [0.1, 0.15) is 5.54 Å². The third-order valence-electron chi connectivity index (χ3n) is 3.65. The van der Waals surface area contributed by atoms with Crippen LogP contribution in [0.15, 0.2) is 0 Å². The normalized spacial score (nSPS) is 19.2. The van der Waals surface area contributed by atoms with Crippen LogP contribution in [0.25, 0.3) is 0 Å². The molecule has 1 atom stereocenters. The second-order valence-corrected chi connectivity index (χ2v) is 5.76. The molecule has 1 unspecified atom stereocenters. The monoisotopic (exact) mass is 256 g/mol. The quantitative estimate of drug-likeness (QED) is 0.602. The van der Waals surface area contributed by atoms with Gasteiger partial charge in [-0.15, -0.1) is 0 Å². The lowest BCUT2D eigenvalue weighted by Crippen LogP contribution is -2.61. The number of amides is 1. The molecule has 0 heterocycles. The van der Waals surface area contributed by atoms with E-state index in [9.17, 15) is 4.79 Å². The molecule has 0 spiro atoms. The minimum atomic E-state index is -0.832. The number of likely N-dealkylation sites (N-methyl/N-ethyl adjacent to an activating group) is 1. The number of nitrogens with zero attached hydrogens (tertiary/aromatic N) is 2. The summed E-state index contributed by atoms with van der Waals surface area (Å²) in [6, 6.07) is 0. The average molecular weight is 256 g/mol. The zero-order chi connectivity index (χ0) is 13.8. The highest BCUT2D eigenvalue weighted by Crippen LogP contribution is 2.38. The molecule has 1 aliphatic rings. The van der Waals surface area contributed by atoms with E-state index in [-0.39, 0.29) is 11.8 Å². The summed E-state index contributed by atoms with van der Waals surface area (Å²) in [4.78, 5) is 16.0. The first-order valence-corrected chi connectivity index (χ1v) is 6.86. The largest absolute Gasteiger partial charge is 0.368 e. The van der Waals surface area contributed by atoms with E-state index >= 15 is 0 Å². The smallest absolute Gasteiger partial charge is 0.239 e. The van der Waals surface area contributed by atoms with Crippen molar-refractivity contribution in [3.8, 4) is 0 Å². The Morgan fingerprint density at radius 2 is 1.89 bits per heavy atom. The van der Waals surface area contributed by atoms with Gasteiger partial charge in [-0.2, -0.15) is 0 Å². The molecule has 0 aromatic heterocycles. The second-order valence-electron chi connectivity index (χ2n) is 5.76. The topological polar surface area (TPSA) is 75.6 Å². The summed E-state index contributed by atoms with van der Waals surface area (Å²) >= 11 is 0. The fourth-order valence-electron chi connectivity index (χ4n) is 2.30. The number of nitrogens with two attached hydrogens (primary N) is 2. The lowest BCUT2D eigenvalue weighted by atomic mass is 9.92. The second kappa shape index (κ2) is 6.50. The van der Waals surface area contributed by atoms with Crippen molar-refractivity contribution in [1.29, 1.82) is 0 Å². The number of hydrogen-bond acceptors (Lipinski definition) is 4. The Hall–Kier alpha value is -0.650. The van der Waals surface area contributed by atoms with E-state index in [1.165, 1.54) is 0 Å². The molecule has 0 aromatic rings. The lowest BCUT2D eigenvalue weighted by molar-refractivity contribution is -0.124. The molecule has 106 valence electrons. The molecule has 0 aromatic carbocycles. The van der Waals surface area contributed by atoms with Gasteiger partial charge in [-0.25, -0.2) is 0 Å². The van der Waals surface area contributed by atoms with Crippen LogP contribution in [0.5, 0.6) is 0 Å². The van der Waals surface area contributed by atoms with Crippen LogP contribution in [-0.4, -0.2) is 61.5 Å². The summed E-state index contributed by atoms with van der Waals surface area (Å²) in [5.74, 6) is -0.0651. The van der Waals surface area contributed by atoms with Crippen LogP contribution >= 0.6 is 0 Å². The van der Waals surface area contributed by atoms with Crippen molar-refractivity contribution in [3.63, 3.8) is 0 Å². The molecule has 1 rings (SSSR count). The fraction of sp³-hybridized carbons (Fsp3) is 0.923. The van der Waals surface area contributed by atoms with Gasteiger partial charge >= 0.3 is 0 Å². The van der Waals surface area contributed by atoms with Crippen molar-refractivity contribution in [2.75, 3.05) is 40.3 Å². The van der Waals surface area contributed by atoms with Crippen molar-refractivity contribution in [2.24, 2.45) is 17.4 Å². The molecular formula is C13H28N4O. The molecule has 5 nitrogen and oxygen atoms in total. The molecule has 4 N–H and O–H groups in total. The predicted octanol–water partition coefficient (Wildman–Crippen LogP) is -0.147. The zero-order valence-electron chi connectivity index (χ0n) is 12.0. The van der Waals surface area contributed by atoms with E-state index in [4.69, 9.17) is 11.5 Å². The Labute approximate surface area is 110 Å². The van der Waals surface area contributed by atoms with Crippen molar-refractivity contribution in [2.45, 2.75) is 31.7 Å². The lowest BCUT2D eigenvalue weighted by Gasteiger charge is -2.33. The van der Waals surface area contributed by atoms with E-state index < -0.39 is 5.54 Å². The molecule has 0 saturated heterocycles. The van der Waals surface area contributed by atoms with Crippen LogP contribution in [0.4, 0.5) is 0 Å². The Kier molecular flexibility index (Phi) is 5.56. The van der Waals surface area contributed by atoms with Gasteiger partial charge in [-0.1, -0.05) is 6.92 Å². The molecule has 1 fully saturated rings. The summed E-state index contributed by atoms with van der Waals surface area (Å²) in [5.41, 5.74) is 10.9. The Morgan fingerprint density at radius 1 is 1.28 bits per heavy atom. The Bertz CT molecular complexity index is 278. The summed E-state index contributed by atoms with van der Waals surface area (Å²) in [6.07, 6.45) is 3.13. The highest BCUT2D eigenvalue weighted by atomic mass is 16.1. The minimum Gasteiger partial charge on any atom is -0.368 e. The SMILES string of the molecule is CCCN(CCN(C)C)CC(N)(C(N)=O)C1CC1. The zero-order valence-corrected chi connectivity index (χ0v) is 12.0. The number of primary amides is 1. The first-order valence-electron chi connectivity index (χ1n) is 6.86. The molecular weight excluding hydrogens is 228 g/mol. The van der Waals surface area contributed by atoms with E-state index in [0.29, 0.717) is 6.54 Å². The van der Waals surface area contributed by atoms with Gasteiger partial charge in [-0.05, 0) is 45.8 Å². The molecule has 18 heavy (non-hydrogen) atoms. The standard InChI is InChI=1S/C13H28N4O/c1-4-7-17(9-8-16(2)3)10-13(15,12(14)18)11-5-6-11/h11H,4-10,15H2,1-3H3,(H2,14,18). The van der Waals surface area contributed by atoms with Crippen LogP contribution in [0.3, 0.4) is 0 Å². The first kappa shape index (κ1) is 15.4. The van der Waals surface area contributed by atoms with Gasteiger partial charge in [0.15, 0.2) is 0 Å². The van der Waals surface area contributed by atoms with Gasteiger partial charge in [-0.3, -0.25) is 9.69 Å². The first-order chi connectivity index (χ1) is 8.40. The fourth-order valence-corrected chi connectivity index (χ4v) is 2.30. The van der Waals surface area contributed by atoms with Crippen molar-refractivity contribution >= 4 is 5.91 Å². The van der Waals surface area contributed by atoms with Gasteiger partial charge in [0.05, 0.1) is 0 Å². The van der Waals surface area contributed by atoms with Crippen LogP contribution in [0, 0.1) is 5.92 Å². The third-order valence-corrected chi connectivity index (χ3v) is 3.65. The van der Waals surface area contributed by atoms with E-state index in [0.717, 1.165) is 38.9 Å². The third kappa shape index (κ3) is 4.23. The number of carbonyl (C=O) groups is 1. The van der Waals surface area contributed by atoms with E-state index in [1.807, 2.05) is 0 Å². The van der Waals surface area contributed by atoms with Crippen molar-refractivity contribution < 1.29 is 4.79 Å². The van der Waals surface area contributed by atoms with Crippen LogP contribution in [0.1, 0.15) is 26.2 Å². The molecule has 0 aliphatic heterocycles. The van der Waals surface area contributed by atoms with Gasteiger partial charge in [0.2, 0.25) is 5.91 Å². The Morgan fingerprint density at radius 3 is 2.28 bits per heavy atom. The maximum Gasteiger partial charge on any atom is 0.239 e. The Balaban J connectivity index is 2.59. The predicted molar refractivity (Wildman–Crippen MR) is 74.1 cm³/mol. The molecule has 1 aliphatic carbocycles. The highest BCUT2D eigenvalue weighted by molar-refractivity contribution is 5.85. The number of carbonyl (C=O) groups excluding carboxylic acids is 1. The van der Waals surface area contributed by atoms with Gasteiger partial charge in [0.25, 0.3) is 0 Å². The molecule has 0 radical (unpaired) electrons. The highest BCUT2D eigenvalue weighted by Gasteiger charge is 2.47. The van der Waals surface area contributed by atoms with Crippen molar-refractivity contribution in [3.05, 3.63) is 0 Å². The summed E-state index contributed by atoms with van der Waals surface area (Å²) in [6.45, 7) is 5.60. The van der Waals surface area contributed by atoms with Crippen LogP contribution in [0.2, 0.25) is 0 Å². The molecule has 0 bridgehead atoms. The van der Waals surface area contributed by atoms with Gasteiger partial charge in [0, 0.05) is 19.6 Å². The van der Waals surface area contributed by atoms with E-state index in [2.05, 4.69) is 30.8 Å². The average Bonchev–Trinajstić information content (AvgIpc) is 3.09. The number of rotatable bonds is 9. The van der Waals surface area contributed by atoms with Crippen molar-refractivity contribution in [1.82, 2.24) is 9.80 Å². The van der Waals surface area contributed by atoms with Crippen LogP contribution < -0.4 is 11.5 Å². The molecule has 5 heteroatoms. The van der Waals surface area contributed by atoms with Crippen LogP contribution in [-0.2, 0) is 4.79 Å². The summed E-state index contributed by atoms with van der Waals surface area (Å²) in [5, 5.41) is 0. The number of hydrogen-bond donors (Lipinski definition) is 2. The summed E-state index contributed by atoms with van der Waals surface area (Å²) < 4.78 is 0. The maximum absolute atomic E-state index is 11.6. The summed E-state index contributed by atoms with van der Waals surface area (Å²) in [7, 11) is 4.10. The van der Waals surface area contributed by atoms with Gasteiger partial charge < -0.3 is 16.4 Å². The minimum absolute atomic E-state index is 0.286. The van der Waals surface area contributed by atoms with E-state index in [1.54, 1.807) is 0 Å². The maximum atomic E-state index is 11.6. The molecule has 1 saturated carbocycles. The molecule has 1 amide bonds.